The minimum Gasteiger partial charge on any atom is -0.465 e. The van der Waals surface area contributed by atoms with Gasteiger partial charge in [-0.05, 0) is 12.1 Å². The maximum atomic E-state index is 12.7. The third-order valence-electron chi connectivity index (χ3n) is 2.10. The number of halogens is 1. The number of rotatable bonds is 5. The molecule has 1 rings (SSSR count). The molecular formula is C11H12FN3O3. The van der Waals surface area contributed by atoms with Crippen LogP contribution in [0.4, 0.5) is 9.18 Å². The molecule has 0 bridgehead atoms. The van der Waals surface area contributed by atoms with E-state index in [4.69, 9.17) is 10.3 Å². The van der Waals surface area contributed by atoms with E-state index in [9.17, 15) is 9.18 Å². The van der Waals surface area contributed by atoms with Crippen molar-refractivity contribution in [2.75, 3.05) is 13.1 Å². The monoisotopic (exact) mass is 253 g/mol. The number of carboxylic acid groups (broad SMARTS) is 1. The summed E-state index contributed by atoms with van der Waals surface area (Å²) >= 11 is 0. The predicted octanol–water partition coefficient (Wildman–Crippen LogP) is 1.56. The largest absolute Gasteiger partial charge is 0.465 e. The molecule has 0 atom stereocenters. The summed E-state index contributed by atoms with van der Waals surface area (Å²) in [5.74, 6) is -0.530. The molecule has 1 aromatic heterocycles. The molecule has 0 aromatic carbocycles. The lowest BCUT2D eigenvalue weighted by molar-refractivity contribution is 0.156. The van der Waals surface area contributed by atoms with Gasteiger partial charge in [0.25, 0.3) is 0 Å². The van der Waals surface area contributed by atoms with Crippen molar-refractivity contribution < 1.29 is 19.5 Å². The van der Waals surface area contributed by atoms with Crippen molar-refractivity contribution in [1.82, 2.24) is 9.88 Å². The maximum Gasteiger partial charge on any atom is 0.407 e. The van der Waals surface area contributed by atoms with Gasteiger partial charge in [-0.25, -0.2) is 9.18 Å². The van der Waals surface area contributed by atoms with Gasteiger partial charge >= 0.3 is 6.09 Å². The lowest BCUT2D eigenvalue weighted by Crippen LogP contribution is -2.35. The maximum absolute atomic E-state index is 12.7. The molecule has 0 unspecified atom stereocenters. The number of amides is 1. The summed E-state index contributed by atoms with van der Waals surface area (Å²) in [6.45, 7) is 3.34. The Morgan fingerprint density at radius 2 is 2.33 bits per heavy atom. The molecule has 0 aliphatic heterocycles. The Kier molecular flexibility index (Phi) is 4.79. The number of carbonyl (C=O) groups is 1. The van der Waals surface area contributed by atoms with Crippen LogP contribution in [0, 0.1) is 5.82 Å². The summed E-state index contributed by atoms with van der Waals surface area (Å²) in [4.78, 5) is 15.6. The van der Waals surface area contributed by atoms with Gasteiger partial charge in [0.2, 0.25) is 0 Å². The normalized spacial score (nSPS) is 11.1. The van der Waals surface area contributed by atoms with Gasteiger partial charge in [-0.3, -0.25) is 9.88 Å². The van der Waals surface area contributed by atoms with Crippen LogP contribution in [0.3, 0.4) is 0 Å². The van der Waals surface area contributed by atoms with E-state index < -0.39 is 11.9 Å². The highest BCUT2D eigenvalue weighted by Crippen LogP contribution is 2.03. The van der Waals surface area contributed by atoms with Crippen LogP contribution in [0.15, 0.2) is 36.1 Å². The zero-order valence-electron chi connectivity index (χ0n) is 9.45. The van der Waals surface area contributed by atoms with Crippen molar-refractivity contribution >= 4 is 11.8 Å². The summed E-state index contributed by atoms with van der Waals surface area (Å²) < 4.78 is 12.7. The molecule has 0 radical (unpaired) electrons. The molecule has 1 aromatic rings. The van der Waals surface area contributed by atoms with Crippen LogP contribution >= 0.6 is 0 Å². The lowest BCUT2D eigenvalue weighted by Gasteiger charge is -2.17. The first-order chi connectivity index (χ1) is 8.58. The van der Waals surface area contributed by atoms with Crippen molar-refractivity contribution in [3.8, 4) is 0 Å². The standard InChI is InChI=1S/C11H12FN3O3/c1-2-5-15(11(16)17)7-10(14-18)9-4-3-8(12)6-13-9/h2-4,6,18H,1,5,7H2,(H,16,17). The van der Waals surface area contributed by atoms with E-state index in [-0.39, 0.29) is 24.5 Å². The van der Waals surface area contributed by atoms with Crippen LogP contribution in [-0.4, -0.2) is 45.1 Å². The van der Waals surface area contributed by atoms with Crippen LogP contribution in [-0.2, 0) is 0 Å². The molecule has 18 heavy (non-hydrogen) atoms. The first-order valence-electron chi connectivity index (χ1n) is 5.00. The SMILES string of the molecule is C=CCN(CC(=NO)c1ccc(F)cn1)C(=O)O. The van der Waals surface area contributed by atoms with Crippen molar-refractivity contribution in [2.45, 2.75) is 0 Å². The molecule has 0 saturated heterocycles. The molecular weight excluding hydrogens is 241 g/mol. The van der Waals surface area contributed by atoms with Crippen LogP contribution in [0.5, 0.6) is 0 Å². The van der Waals surface area contributed by atoms with Crippen LogP contribution in [0.25, 0.3) is 0 Å². The Hall–Kier alpha value is -2.44. The summed E-state index contributed by atoms with van der Waals surface area (Å²) in [5.41, 5.74) is 0.230. The molecule has 0 aliphatic carbocycles. The second kappa shape index (κ2) is 6.33. The second-order valence-electron chi connectivity index (χ2n) is 3.36. The average Bonchev–Trinajstić information content (AvgIpc) is 2.35. The van der Waals surface area contributed by atoms with E-state index in [1.54, 1.807) is 0 Å². The number of pyridine rings is 1. The Morgan fingerprint density at radius 3 is 2.78 bits per heavy atom. The van der Waals surface area contributed by atoms with Crippen LogP contribution in [0.2, 0.25) is 0 Å². The molecule has 2 N–H and O–H groups in total. The van der Waals surface area contributed by atoms with Gasteiger partial charge in [0.1, 0.15) is 11.5 Å². The van der Waals surface area contributed by atoms with E-state index in [1.807, 2.05) is 0 Å². The molecule has 0 aliphatic rings. The topological polar surface area (TPSA) is 86.0 Å². The van der Waals surface area contributed by atoms with Crippen LogP contribution < -0.4 is 0 Å². The Balaban J connectivity index is 2.87. The molecule has 96 valence electrons. The lowest BCUT2D eigenvalue weighted by atomic mass is 10.2. The zero-order chi connectivity index (χ0) is 13.5. The Bertz CT molecular complexity index is 459. The number of nitrogens with zero attached hydrogens (tertiary/aromatic N) is 3. The Morgan fingerprint density at radius 1 is 1.61 bits per heavy atom. The van der Waals surface area contributed by atoms with E-state index in [0.717, 1.165) is 17.2 Å². The molecule has 7 heteroatoms. The van der Waals surface area contributed by atoms with E-state index in [1.165, 1.54) is 12.1 Å². The fourth-order valence-electron chi connectivity index (χ4n) is 1.26. The van der Waals surface area contributed by atoms with Gasteiger partial charge in [0.05, 0.1) is 18.4 Å². The third kappa shape index (κ3) is 3.55. The third-order valence-corrected chi connectivity index (χ3v) is 2.10. The van der Waals surface area contributed by atoms with Gasteiger partial charge in [-0.2, -0.15) is 0 Å². The fourth-order valence-corrected chi connectivity index (χ4v) is 1.26. The summed E-state index contributed by atoms with van der Waals surface area (Å²) in [6, 6.07) is 2.45. The molecule has 1 heterocycles. The van der Waals surface area contributed by atoms with Gasteiger partial charge < -0.3 is 10.3 Å². The highest BCUT2D eigenvalue weighted by Gasteiger charge is 2.16. The quantitative estimate of drug-likeness (QED) is 0.361. The summed E-state index contributed by atoms with van der Waals surface area (Å²) in [7, 11) is 0. The highest BCUT2D eigenvalue weighted by atomic mass is 19.1. The van der Waals surface area contributed by atoms with Gasteiger partial charge in [0.15, 0.2) is 0 Å². The van der Waals surface area contributed by atoms with Gasteiger partial charge in [-0.15, -0.1) is 6.58 Å². The molecule has 0 saturated carbocycles. The number of aromatic nitrogens is 1. The minimum absolute atomic E-state index is 0.0271. The molecule has 0 spiro atoms. The Labute approximate surface area is 103 Å². The van der Waals surface area contributed by atoms with Crippen molar-refractivity contribution in [3.05, 3.63) is 42.5 Å². The number of hydrogen-bond acceptors (Lipinski definition) is 4. The number of hydrogen-bond donors (Lipinski definition) is 2. The molecule has 6 nitrogen and oxygen atoms in total. The van der Waals surface area contributed by atoms with Gasteiger partial charge in [-0.1, -0.05) is 11.2 Å². The molecule has 0 fully saturated rings. The van der Waals surface area contributed by atoms with Gasteiger partial charge in [0, 0.05) is 6.54 Å². The van der Waals surface area contributed by atoms with Crippen LogP contribution in [0.1, 0.15) is 5.69 Å². The second-order valence-corrected chi connectivity index (χ2v) is 3.36. The van der Waals surface area contributed by atoms with E-state index in [0.29, 0.717) is 0 Å². The van der Waals surface area contributed by atoms with E-state index >= 15 is 0 Å². The summed E-state index contributed by atoms with van der Waals surface area (Å²) in [6.07, 6.45) is 1.18. The summed E-state index contributed by atoms with van der Waals surface area (Å²) in [5, 5.41) is 20.7. The smallest absolute Gasteiger partial charge is 0.407 e. The first kappa shape index (κ1) is 13.6. The molecule has 1 amide bonds. The zero-order valence-corrected chi connectivity index (χ0v) is 9.45. The van der Waals surface area contributed by atoms with Crippen molar-refractivity contribution in [2.24, 2.45) is 5.16 Å². The minimum atomic E-state index is -1.18. The van der Waals surface area contributed by atoms with E-state index in [2.05, 4.69) is 16.7 Å². The predicted molar refractivity (Wildman–Crippen MR) is 62.3 cm³/mol. The van der Waals surface area contributed by atoms with Crippen molar-refractivity contribution in [3.63, 3.8) is 0 Å². The average molecular weight is 253 g/mol. The highest BCUT2D eigenvalue weighted by molar-refractivity contribution is 6.01. The fraction of sp³-hybridized carbons (Fsp3) is 0.182. The first-order valence-corrected chi connectivity index (χ1v) is 5.00. The number of oxime groups is 1. The van der Waals surface area contributed by atoms with Crippen molar-refractivity contribution in [1.29, 1.82) is 0 Å².